The zero-order valence-corrected chi connectivity index (χ0v) is 11.3. The number of ether oxygens (including phenoxy) is 2. The molecule has 0 saturated carbocycles. The maximum Gasteiger partial charge on any atom is 0.517 e. The maximum atomic E-state index is 11.6. The molecule has 2 amide bonds. The van der Waals surface area contributed by atoms with Gasteiger partial charge in [-0.3, -0.25) is 4.79 Å². The molecule has 2 heterocycles. The molecular formula is C12H18N2O5. The van der Waals surface area contributed by atoms with Gasteiger partial charge in [0.15, 0.2) is 0 Å². The summed E-state index contributed by atoms with van der Waals surface area (Å²) in [6.07, 6.45) is -1.30. The number of rotatable bonds is 0. The lowest BCUT2D eigenvalue weighted by atomic mass is 9.79. The lowest BCUT2D eigenvalue weighted by Gasteiger charge is -2.45. The Morgan fingerprint density at radius 3 is 2.42 bits per heavy atom. The van der Waals surface area contributed by atoms with E-state index in [0.717, 1.165) is 0 Å². The highest BCUT2D eigenvalue weighted by Gasteiger charge is 2.50. The van der Waals surface area contributed by atoms with Gasteiger partial charge >= 0.3 is 12.2 Å². The molecule has 0 unspecified atom stereocenters. The summed E-state index contributed by atoms with van der Waals surface area (Å²) in [5.41, 5.74) is -0.876. The molecule has 0 radical (unpaired) electrons. The lowest BCUT2D eigenvalue weighted by Crippen LogP contribution is -2.59. The van der Waals surface area contributed by atoms with Gasteiger partial charge in [-0.1, -0.05) is 0 Å². The van der Waals surface area contributed by atoms with Gasteiger partial charge in [-0.25, -0.2) is 9.59 Å². The van der Waals surface area contributed by atoms with Gasteiger partial charge < -0.3 is 19.7 Å². The van der Waals surface area contributed by atoms with E-state index in [9.17, 15) is 14.4 Å². The maximum absolute atomic E-state index is 11.6. The average Bonchev–Trinajstić information content (AvgIpc) is 2.54. The van der Waals surface area contributed by atoms with Crippen molar-refractivity contribution < 1.29 is 23.9 Å². The summed E-state index contributed by atoms with van der Waals surface area (Å²) in [7, 11) is 0. The van der Waals surface area contributed by atoms with Crippen LogP contribution in [0.25, 0.3) is 0 Å². The van der Waals surface area contributed by atoms with Crippen LogP contribution in [0, 0.1) is 5.41 Å². The van der Waals surface area contributed by atoms with E-state index in [1.165, 1.54) is 4.90 Å². The van der Waals surface area contributed by atoms with Gasteiger partial charge in [0.1, 0.15) is 5.60 Å². The first kappa shape index (κ1) is 13.6. The quantitative estimate of drug-likeness (QED) is 0.521. The number of nitrogens with one attached hydrogen (secondary N) is 1. The molecule has 0 bridgehead atoms. The Morgan fingerprint density at radius 2 is 1.95 bits per heavy atom. The Balaban J connectivity index is 1.77. The Bertz CT molecular complexity index is 420. The summed E-state index contributed by atoms with van der Waals surface area (Å²) >= 11 is 0. The van der Waals surface area contributed by atoms with Crippen molar-refractivity contribution in [3.8, 4) is 0 Å². The van der Waals surface area contributed by atoms with Crippen LogP contribution >= 0.6 is 0 Å². The van der Waals surface area contributed by atoms with Gasteiger partial charge in [0.2, 0.25) is 5.91 Å². The minimum absolute atomic E-state index is 0.000148. The second-order valence-electron chi connectivity index (χ2n) is 6.14. The Kier molecular flexibility index (Phi) is 3.15. The van der Waals surface area contributed by atoms with Gasteiger partial charge in [0, 0.05) is 31.5 Å². The van der Waals surface area contributed by atoms with Crippen LogP contribution < -0.4 is 5.32 Å². The van der Waals surface area contributed by atoms with E-state index in [-0.39, 0.29) is 11.3 Å². The zero-order valence-electron chi connectivity index (χ0n) is 11.3. The first-order valence-electron chi connectivity index (χ1n) is 6.16. The summed E-state index contributed by atoms with van der Waals surface area (Å²) in [4.78, 5) is 35.5. The third-order valence-corrected chi connectivity index (χ3v) is 3.07. The second-order valence-corrected chi connectivity index (χ2v) is 6.14. The number of likely N-dealkylation sites (tertiary alicyclic amines) is 1. The highest BCUT2D eigenvalue weighted by molar-refractivity contribution is 5.83. The third kappa shape index (κ3) is 3.15. The van der Waals surface area contributed by atoms with Gasteiger partial charge in [-0.15, -0.1) is 0 Å². The van der Waals surface area contributed by atoms with E-state index in [2.05, 4.69) is 10.1 Å². The van der Waals surface area contributed by atoms with Crippen LogP contribution in [0.1, 0.15) is 27.2 Å². The van der Waals surface area contributed by atoms with E-state index in [4.69, 9.17) is 4.74 Å². The summed E-state index contributed by atoms with van der Waals surface area (Å²) in [5.74, 6) is 0.000148. The molecule has 0 aromatic heterocycles. The Hall–Kier alpha value is -1.79. The molecule has 106 valence electrons. The van der Waals surface area contributed by atoms with Crippen LogP contribution in [0.4, 0.5) is 9.59 Å². The number of carbonyl (C=O) groups is 3. The van der Waals surface area contributed by atoms with Crippen molar-refractivity contribution in [2.24, 2.45) is 5.41 Å². The number of hydrogen-bond donors (Lipinski definition) is 1. The van der Waals surface area contributed by atoms with Gasteiger partial charge in [-0.2, -0.15) is 0 Å². The monoisotopic (exact) mass is 270 g/mol. The van der Waals surface area contributed by atoms with Crippen LogP contribution in [-0.4, -0.2) is 48.3 Å². The molecule has 2 aliphatic heterocycles. The molecule has 19 heavy (non-hydrogen) atoms. The normalized spacial score (nSPS) is 20.8. The SMILES string of the molecule is CC(C)(C)OC(=O)OC(=O)N1CC2(CNC(=O)C2)C1. The van der Waals surface area contributed by atoms with Crippen molar-refractivity contribution in [1.82, 2.24) is 10.2 Å². The molecular weight excluding hydrogens is 252 g/mol. The zero-order chi connectivity index (χ0) is 14.3. The van der Waals surface area contributed by atoms with E-state index in [0.29, 0.717) is 26.1 Å². The van der Waals surface area contributed by atoms with Gasteiger partial charge in [0.05, 0.1) is 0 Å². The topological polar surface area (TPSA) is 84.9 Å². The van der Waals surface area contributed by atoms with Gasteiger partial charge in [-0.05, 0) is 20.8 Å². The van der Waals surface area contributed by atoms with Crippen LogP contribution in [0.2, 0.25) is 0 Å². The molecule has 0 aromatic carbocycles. The molecule has 2 fully saturated rings. The molecule has 2 aliphatic rings. The first-order valence-corrected chi connectivity index (χ1v) is 6.16. The second kappa shape index (κ2) is 4.40. The molecule has 2 saturated heterocycles. The Morgan fingerprint density at radius 1 is 1.32 bits per heavy atom. The fourth-order valence-electron chi connectivity index (χ4n) is 2.27. The van der Waals surface area contributed by atoms with Gasteiger partial charge in [0.25, 0.3) is 0 Å². The van der Waals surface area contributed by atoms with E-state index in [1.807, 2.05) is 0 Å². The first-order chi connectivity index (χ1) is 8.69. The predicted molar refractivity (Wildman–Crippen MR) is 64.3 cm³/mol. The van der Waals surface area contributed by atoms with E-state index >= 15 is 0 Å². The lowest BCUT2D eigenvalue weighted by molar-refractivity contribution is -0.120. The van der Waals surface area contributed by atoms with Crippen molar-refractivity contribution in [2.75, 3.05) is 19.6 Å². The minimum atomic E-state index is -1.00. The highest BCUT2D eigenvalue weighted by Crippen LogP contribution is 2.36. The van der Waals surface area contributed by atoms with Crippen molar-refractivity contribution in [1.29, 1.82) is 0 Å². The van der Waals surface area contributed by atoms with Crippen LogP contribution in [0.5, 0.6) is 0 Å². The molecule has 0 aromatic rings. The molecule has 0 atom stereocenters. The van der Waals surface area contributed by atoms with Crippen molar-refractivity contribution >= 4 is 18.2 Å². The van der Waals surface area contributed by atoms with Crippen molar-refractivity contribution in [3.05, 3.63) is 0 Å². The minimum Gasteiger partial charge on any atom is -0.428 e. The molecule has 7 nitrogen and oxygen atoms in total. The van der Waals surface area contributed by atoms with Crippen molar-refractivity contribution in [3.63, 3.8) is 0 Å². The third-order valence-electron chi connectivity index (χ3n) is 3.07. The number of nitrogens with zero attached hydrogens (tertiary/aromatic N) is 1. The predicted octanol–water partition coefficient (Wildman–Crippen LogP) is 0.880. The van der Waals surface area contributed by atoms with Crippen molar-refractivity contribution in [2.45, 2.75) is 32.8 Å². The average molecular weight is 270 g/mol. The molecule has 1 N–H and O–H groups in total. The summed E-state index contributed by atoms with van der Waals surface area (Å²) in [6, 6.07) is 0. The van der Waals surface area contributed by atoms with Crippen LogP contribution in [-0.2, 0) is 14.3 Å². The number of amides is 2. The molecule has 7 heteroatoms. The summed E-state index contributed by atoms with van der Waals surface area (Å²) in [6.45, 7) is 6.48. The number of carbonyl (C=O) groups excluding carboxylic acids is 3. The standard InChI is InChI=1S/C12H18N2O5/c1-11(2,3)19-10(17)18-9(16)14-6-12(7-14)4-8(15)13-5-12/h4-7H2,1-3H3,(H,13,15). The van der Waals surface area contributed by atoms with E-state index in [1.54, 1.807) is 20.8 Å². The summed E-state index contributed by atoms with van der Waals surface area (Å²) < 4.78 is 9.47. The smallest absolute Gasteiger partial charge is 0.428 e. The molecule has 0 aliphatic carbocycles. The summed E-state index contributed by atoms with van der Waals surface area (Å²) in [5, 5.41) is 2.73. The fourth-order valence-corrected chi connectivity index (χ4v) is 2.27. The largest absolute Gasteiger partial charge is 0.517 e. The van der Waals surface area contributed by atoms with Crippen LogP contribution in [0.3, 0.4) is 0 Å². The number of hydrogen-bond acceptors (Lipinski definition) is 5. The van der Waals surface area contributed by atoms with Crippen LogP contribution in [0.15, 0.2) is 0 Å². The molecule has 1 spiro atoms. The van der Waals surface area contributed by atoms with E-state index < -0.39 is 17.8 Å². The highest BCUT2D eigenvalue weighted by atomic mass is 16.8. The molecule has 2 rings (SSSR count). The Labute approximate surface area is 111 Å². The fraction of sp³-hybridized carbons (Fsp3) is 0.750.